The Kier molecular flexibility index (Phi) is 3.69. The van der Waals surface area contributed by atoms with Gasteiger partial charge < -0.3 is 9.47 Å². The maximum atomic E-state index is 5.17. The largest absolute Gasteiger partial charge is 0.481 e. The number of ether oxygens (including phenoxy) is 2. The monoisotopic (exact) mass is 260 g/mol. The fourth-order valence-electron chi connectivity index (χ4n) is 1.14. The summed E-state index contributed by atoms with van der Waals surface area (Å²) in [5.74, 6) is 0.851. The Morgan fingerprint density at radius 3 is 2.21 bits per heavy atom. The summed E-state index contributed by atoms with van der Waals surface area (Å²) >= 11 is 3.37. The molecule has 0 amide bonds. The Bertz CT molecular complexity index is 329. The Morgan fingerprint density at radius 2 is 1.79 bits per heavy atom. The van der Waals surface area contributed by atoms with Crippen molar-refractivity contribution >= 4 is 15.9 Å². The normalized spacial score (nSPS) is 10.4. The number of nitrogens with zero attached hydrogens (tertiary/aromatic N) is 2. The van der Waals surface area contributed by atoms with Crippen molar-refractivity contribution < 1.29 is 9.47 Å². The summed E-state index contributed by atoms with van der Waals surface area (Å²) in [6.45, 7) is 4.11. The summed E-state index contributed by atoms with van der Waals surface area (Å²) in [6.07, 6.45) is 0. The van der Waals surface area contributed by atoms with Gasteiger partial charge >= 0.3 is 6.01 Å². The Hall–Kier alpha value is -0.840. The van der Waals surface area contributed by atoms with Crippen LogP contribution >= 0.6 is 15.9 Å². The highest BCUT2D eigenvalue weighted by Gasteiger charge is 2.16. The lowest BCUT2D eigenvalue weighted by Gasteiger charge is -2.12. The Labute approximate surface area is 91.8 Å². The third kappa shape index (κ3) is 2.15. The zero-order valence-electron chi connectivity index (χ0n) is 8.67. The van der Waals surface area contributed by atoms with Crippen LogP contribution in [0.5, 0.6) is 11.9 Å². The predicted octanol–water partition coefficient (Wildman–Crippen LogP) is 2.38. The molecule has 5 heteroatoms. The molecule has 0 saturated heterocycles. The van der Waals surface area contributed by atoms with E-state index in [-0.39, 0.29) is 0 Å². The SMILES string of the molecule is COc1nc(Br)c(C(C)C)c(OC)n1. The second-order valence-corrected chi connectivity index (χ2v) is 3.83. The van der Waals surface area contributed by atoms with Gasteiger partial charge in [-0.25, -0.2) is 0 Å². The van der Waals surface area contributed by atoms with Crippen molar-refractivity contribution in [3.05, 3.63) is 10.2 Å². The topological polar surface area (TPSA) is 44.2 Å². The number of rotatable bonds is 3. The second kappa shape index (κ2) is 4.59. The maximum absolute atomic E-state index is 5.17. The average Bonchev–Trinajstić information content (AvgIpc) is 2.15. The van der Waals surface area contributed by atoms with Gasteiger partial charge in [0, 0.05) is 5.56 Å². The molecule has 0 radical (unpaired) electrons. The van der Waals surface area contributed by atoms with Crippen molar-refractivity contribution in [1.82, 2.24) is 9.97 Å². The summed E-state index contributed by atoms with van der Waals surface area (Å²) in [7, 11) is 3.11. The van der Waals surface area contributed by atoms with Crippen LogP contribution in [-0.4, -0.2) is 24.2 Å². The van der Waals surface area contributed by atoms with Crippen LogP contribution in [0.4, 0.5) is 0 Å². The average molecular weight is 261 g/mol. The molecule has 0 aliphatic rings. The quantitative estimate of drug-likeness (QED) is 0.783. The number of aromatic nitrogens is 2. The summed E-state index contributed by atoms with van der Waals surface area (Å²) in [6, 6.07) is 0.304. The highest BCUT2D eigenvalue weighted by molar-refractivity contribution is 9.10. The molecule has 0 aliphatic heterocycles. The molecule has 0 aromatic carbocycles. The predicted molar refractivity (Wildman–Crippen MR) is 56.9 cm³/mol. The van der Waals surface area contributed by atoms with Gasteiger partial charge in [0.1, 0.15) is 4.60 Å². The van der Waals surface area contributed by atoms with Crippen LogP contribution in [0.15, 0.2) is 4.60 Å². The second-order valence-electron chi connectivity index (χ2n) is 3.08. The van der Waals surface area contributed by atoms with E-state index in [1.54, 1.807) is 7.11 Å². The van der Waals surface area contributed by atoms with E-state index in [4.69, 9.17) is 9.47 Å². The molecule has 1 rings (SSSR count). The first-order chi connectivity index (χ1) is 6.60. The van der Waals surface area contributed by atoms with Crippen molar-refractivity contribution in [2.24, 2.45) is 0 Å². The molecular formula is C9H13BrN2O2. The smallest absolute Gasteiger partial charge is 0.320 e. The Morgan fingerprint density at radius 1 is 1.14 bits per heavy atom. The highest BCUT2D eigenvalue weighted by Crippen LogP contribution is 2.31. The zero-order chi connectivity index (χ0) is 10.7. The van der Waals surface area contributed by atoms with Gasteiger partial charge in [0.05, 0.1) is 14.2 Å². The number of hydrogen-bond acceptors (Lipinski definition) is 4. The molecule has 0 bridgehead atoms. The lowest BCUT2D eigenvalue weighted by atomic mass is 10.1. The van der Waals surface area contributed by atoms with E-state index in [9.17, 15) is 0 Å². The molecular weight excluding hydrogens is 248 g/mol. The standard InChI is InChI=1S/C9H13BrN2O2/c1-5(2)6-7(10)11-9(14-4)12-8(6)13-3/h5H,1-4H3. The summed E-state index contributed by atoms with van der Waals surface area (Å²) in [4.78, 5) is 8.23. The maximum Gasteiger partial charge on any atom is 0.320 e. The third-order valence-corrected chi connectivity index (χ3v) is 2.40. The van der Waals surface area contributed by atoms with Crippen LogP contribution in [0.3, 0.4) is 0 Å². The van der Waals surface area contributed by atoms with Crippen LogP contribution in [0, 0.1) is 0 Å². The van der Waals surface area contributed by atoms with Crippen molar-refractivity contribution in [3.63, 3.8) is 0 Å². The number of halogens is 1. The molecule has 0 spiro atoms. The fourth-order valence-corrected chi connectivity index (χ4v) is 1.92. The van der Waals surface area contributed by atoms with Gasteiger partial charge in [0.2, 0.25) is 5.88 Å². The first-order valence-corrected chi connectivity index (χ1v) is 5.04. The van der Waals surface area contributed by atoms with E-state index < -0.39 is 0 Å². The fraction of sp³-hybridized carbons (Fsp3) is 0.556. The minimum atomic E-state index is 0.297. The lowest BCUT2D eigenvalue weighted by molar-refractivity contribution is 0.346. The van der Waals surface area contributed by atoms with Crippen LogP contribution in [-0.2, 0) is 0 Å². The molecule has 0 N–H and O–H groups in total. The lowest BCUT2D eigenvalue weighted by Crippen LogP contribution is -2.03. The molecule has 0 aliphatic carbocycles. The van der Waals surface area contributed by atoms with Gasteiger partial charge in [-0.1, -0.05) is 13.8 Å². The third-order valence-electron chi connectivity index (χ3n) is 1.80. The molecule has 4 nitrogen and oxygen atoms in total. The van der Waals surface area contributed by atoms with Crippen LogP contribution in [0.25, 0.3) is 0 Å². The molecule has 78 valence electrons. The first kappa shape index (κ1) is 11.2. The molecule has 0 fully saturated rings. The van der Waals surface area contributed by atoms with Crippen LogP contribution in [0.2, 0.25) is 0 Å². The molecule has 0 atom stereocenters. The Balaban J connectivity index is 3.27. The molecule has 1 aromatic rings. The van der Waals surface area contributed by atoms with Crippen LogP contribution < -0.4 is 9.47 Å². The molecule has 1 heterocycles. The highest BCUT2D eigenvalue weighted by atomic mass is 79.9. The van der Waals surface area contributed by atoms with Gasteiger partial charge in [-0.3, -0.25) is 0 Å². The minimum absolute atomic E-state index is 0.297. The summed E-state index contributed by atoms with van der Waals surface area (Å²) < 4.78 is 10.8. The summed E-state index contributed by atoms with van der Waals surface area (Å²) in [5.41, 5.74) is 0.952. The van der Waals surface area contributed by atoms with E-state index >= 15 is 0 Å². The van der Waals surface area contributed by atoms with E-state index in [0.717, 1.165) is 10.2 Å². The van der Waals surface area contributed by atoms with E-state index in [1.165, 1.54) is 7.11 Å². The van der Waals surface area contributed by atoms with Crippen molar-refractivity contribution in [2.45, 2.75) is 19.8 Å². The van der Waals surface area contributed by atoms with E-state index in [0.29, 0.717) is 17.8 Å². The van der Waals surface area contributed by atoms with Gasteiger partial charge in [-0.15, -0.1) is 0 Å². The summed E-state index contributed by atoms with van der Waals surface area (Å²) in [5, 5.41) is 0. The van der Waals surface area contributed by atoms with Gasteiger partial charge in [0.25, 0.3) is 0 Å². The van der Waals surface area contributed by atoms with Gasteiger partial charge in [-0.2, -0.15) is 9.97 Å². The van der Waals surface area contributed by atoms with Gasteiger partial charge in [0.15, 0.2) is 0 Å². The van der Waals surface area contributed by atoms with Crippen molar-refractivity contribution in [2.75, 3.05) is 14.2 Å². The van der Waals surface area contributed by atoms with E-state index in [1.807, 2.05) is 0 Å². The zero-order valence-corrected chi connectivity index (χ0v) is 10.3. The number of hydrogen-bond donors (Lipinski definition) is 0. The molecule has 14 heavy (non-hydrogen) atoms. The van der Waals surface area contributed by atoms with Gasteiger partial charge in [-0.05, 0) is 21.8 Å². The van der Waals surface area contributed by atoms with Crippen LogP contribution in [0.1, 0.15) is 25.3 Å². The van der Waals surface area contributed by atoms with Crippen molar-refractivity contribution in [3.8, 4) is 11.9 Å². The minimum Gasteiger partial charge on any atom is -0.481 e. The number of methoxy groups -OCH3 is 2. The first-order valence-electron chi connectivity index (χ1n) is 4.25. The molecule has 0 saturated carbocycles. The van der Waals surface area contributed by atoms with Crippen molar-refractivity contribution in [1.29, 1.82) is 0 Å². The molecule has 1 aromatic heterocycles. The van der Waals surface area contributed by atoms with E-state index in [2.05, 4.69) is 39.7 Å². The molecule has 0 unspecified atom stereocenters.